The molecule has 0 atom stereocenters. The van der Waals surface area contributed by atoms with Crippen LogP contribution in [0.15, 0.2) is 24.3 Å². The summed E-state index contributed by atoms with van der Waals surface area (Å²) < 4.78 is 0. The van der Waals surface area contributed by atoms with E-state index in [2.05, 4.69) is 0 Å². The number of carboxylic acid groups (broad SMARTS) is 1. The van der Waals surface area contributed by atoms with Crippen LogP contribution < -0.4 is 4.90 Å². The van der Waals surface area contributed by atoms with Gasteiger partial charge in [0.05, 0.1) is 0 Å². The van der Waals surface area contributed by atoms with Gasteiger partial charge in [0.25, 0.3) is 0 Å². The molecule has 0 saturated carbocycles. The number of ketones is 1. The molecule has 0 bridgehead atoms. The number of carbonyl (C=O) groups excluding carboxylic acids is 1. The third-order valence-electron chi connectivity index (χ3n) is 2.75. The summed E-state index contributed by atoms with van der Waals surface area (Å²) in [7, 11) is 3.80. The fraction of sp³-hybridized carbons (Fsp3) is 0.385. The first-order chi connectivity index (χ1) is 7.76. The number of hydrogen-bond acceptors (Lipinski definition) is 3. The molecular weight excluding hydrogens is 218 g/mol. The SMILES string of the molecule is CN(C)c1ccc(C(=O)C(C)(C)C(=O)O)cc1. The average molecular weight is 235 g/mol. The maximum atomic E-state index is 12.0. The zero-order valence-corrected chi connectivity index (χ0v) is 10.5. The highest BCUT2D eigenvalue weighted by atomic mass is 16.4. The van der Waals surface area contributed by atoms with Crippen LogP contribution >= 0.6 is 0 Å². The number of aliphatic carboxylic acids is 1. The van der Waals surface area contributed by atoms with Crippen molar-refractivity contribution in [3.05, 3.63) is 29.8 Å². The molecule has 0 aromatic heterocycles. The van der Waals surface area contributed by atoms with E-state index in [1.165, 1.54) is 13.8 Å². The summed E-state index contributed by atoms with van der Waals surface area (Å²) in [5.41, 5.74) is -0.00251. The first-order valence-electron chi connectivity index (χ1n) is 5.32. The van der Waals surface area contributed by atoms with Gasteiger partial charge >= 0.3 is 5.97 Å². The molecule has 0 aliphatic carbocycles. The summed E-state index contributed by atoms with van der Waals surface area (Å²) in [4.78, 5) is 24.9. The van der Waals surface area contributed by atoms with E-state index < -0.39 is 11.4 Å². The second-order valence-electron chi connectivity index (χ2n) is 4.70. The molecule has 17 heavy (non-hydrogen) atoms. The molecule has 0 aliphatic rings. The number of carbonyl (C=O) groups is 2. The molecule has 0 saturated heterocycles. The Morgan fingerprint density at radius 1 is 1.12 bits per heavy atom. The topological polar surface area (TPSA) is 57.6 Å². The van der Waals surface area contributed by atoms with Gasteiger partial charge in [-0.05, 0) is 38.1 Å². The van der Waals surface area contributed by atoms with Gasteiger partial charge in [-0.1, -0.05) is 0 Å². The van der Waals surface area contributed by atoms with Gasteiger partial charge in [-0.2, -0.15) is 0 Å². The molecule has 1 rings (SSSR count). The number of rotatable bonds is 4. The molecule has 0 amide bonds. The van der Waals surface area contributed by atoms with Crippen LogP contribution in [0.4, 0.5) is 5.69 Å². The summed E-state index contributed by atoms with van der Waals surface area (Å²) >= 11 is 0. The standard InChI is InChI=1S/C13H17NO3/c1-13(2,12(16)17)11(15)9-5-7-10(8-6-9)14(3)4/h5-8H,1-4H3,(H,16,17). The number of hydrogen-bond donors (Lipinski definition) is 1. The second-order valence-corrected chi connectivity index (χ2v) is 4.70. The molecule has 1 N–H and O–H groups in total. The zero-order chi connectivity index (χ0) is 13.2. The number of benzene rings is 1. The van der Waals surface area contributed by atoms with Crippen LogP contribution in [0.2, 0.25) is 0 Å². The Hall–Kier alpha value is -1.84. The highest BCUT2D eigenvalue weighted by molar-refractivity contribution is 6.11. The lowest BCUT2D eigenvalue weighted by Crippen LogP contribution is -2.33. The van der Waals surface area contributed by atoms with Crippen molar-refractivity contribution in [1.29, 1.82) is 0 Å². The number of Topliss-reactive ketones (excluding diaryl/α,β-unsaturated/α-hetero) is 1. The van der Waals surface area contributed by atoms with Crippen LogP contribution in [0.25, 0.3) is 0 Å². The molecule has 1 aromatic rings. The third-order valence-corrected chi connectivity index (χ3v) is 2.75. The summed E-state index contributed by atoms with van der Waals surface area (Å²) in [5, 5.41) is 8.99. The summed E-state index contributed by atoms with van der Waals surface area (Å²) in [6, 6.07) is 6.90. The van der Waals surface area contributed by atoms with Crippen LogP contribution in [0.5, 0.6) is 0 Å². The lowest BCUT2D eigenvalue weighted by atomic mass is 9.84. The minimum absolute atomic E-state index is 0.379. The Balaban J connectivity index is 3.02. The van der Waals surface area contributed by atoms with Gasteiger partial charge in [0.1, 0.15) is 5.41 Å². The fourth-order valence-corrected chi connectivity index (χ4v) is 1.37. The van der Waals surface area contributed by atoms with E-state index in [0.29, 0.717) is 5.56 Å². The third kappa shape index (κ3) is 2.64. The van der Waals surface area contributed by atoms with Crippen LogP contribution in [0, 0.1) is 5.41 Å². The molecular formula is C13H17NO3. The highest BCUT2D eigenvalue weighted by Crippen LogP contribution is 2.23. The Bertz CT molecular complexity index is 432. The predicted octanol–water partition coefficient (Wildman–Crippen LogP) is 2.05. The first-order valence-corrected chi connectivity index (χ1v) is 5.32. The Labute approximate surface area is 101 Å². The Morgan fingerprint density at radius 3 is 1.94 bits per heavy atom. The Morgan fingerprint density at radius 2 is 1.59 bits per heavy atom. The maximum Gasteiger partial charge on any atom is 0.316 e. The van der Waals surface area contributed by atoms with Gasteiger partial charge in [0.2, 0.25) is 0 Å². The van der Waals surface area contributed by atoms with E-state index >= 15 is 0 Å². The summed E-state index contributed by atoms with van der Waals surface area (Å²) in [6.07, 6.45) is 0. The Kier molecular flexibility index (Phi) is 3.56. The number of anilines is 1. The zero-order valence-electron chi connectivity index (χ0n) is 10.5. The minimum atomic E-state index is -1.39. The maximum absolute atomic E-state index is 12.0. The predicted molar refractivity (Wildman–Crippen MR) is 66.5 cm³/mol. The van der Waals surface area contributed by atoms with E-state index in [-0.39, 0.29) is 5.78 Å². The minimum Gasteiger partial charge on any atom is -0.481 e. The lowest BCUT2D eigenvalue weighted by molar-refractivity contribution is -0.144. The average Bonchev–Trinajstić information content (AvgIpc) is 2.27. The molecule has 0 heterocycles. The molecule has 0 radical (unpaired) electrons. The first kappa shape index (κ1) is 13.2. The molecule has 0 unspecified atom stereocenters. The van der Waals surface area contributed by atoms with Gasteiger partial charge in [0.15, 0.2) is 5.78 Å². The van der Waals surface area contributed by atoms with E-state index in [4.69, 9.17) is 5.11 Å². The van der Waals surface area contributed by atoms with Gasteiger partial charge in [-0.15, -0.1) is 0 Å². The largest absolute Gasteiger partial charge is 0.481 e. The van der Waals surface area contributed by atoms with E-state index in [1.807, 2.05) is 19.0 Å². The molecule has 0 spiro atoms. The van der Waals surface area contributed by atoms with Crippen molar-refractivity contribution in [3.8, 4) is 0 Å². The molecule has 0 aliphatic heterocycles. The van der Waals surface area contributed by atoms with Gasteiger partial charge < -0.3 is 10.0 Å². The highest BCUT2D eigenvalue weighted by Gasteiger charge is 2.36. The monoisotopic (exact) mass is 235 g/mol. The van der Waals surface area contributed by atoms with Crippen molar-refractivity contribution in [2.45, 2.75) is 13.8 Å². The van der Waals surface area contributed by atoms with E-state index in [9.17, 15) is 9.59 Å². The van der Waals surface area contributed by atoms with E-state index in [0.717, 1.165) is 5.69 Å². The van der Waals surface area contributed by atoms with Gasteiger partial charge in [0, 0.05) is 25.3 Å². The van der Waals surface area contributed by atoms with Crippen molar-refractivity contribution in [3.63, 3.8) is 0 Å². The van der Waals surface area contributed by atoms with Crippen molar-refractivity contribution in [1.82, 2.24) is 0 Å². The number of nitrogens with zero attached hydrogens (tertiary/aromatic N) is 1. The normalized spacial score (nSPS) is 11.1. The molecule has 0 fully saturated rings. The lowest BCUT2D eigenvalue weighted by Gasteiger charge is -2.18. The van der Waals surface area contributed by atoms with E-state index in [1.54, 1.807) is 24.3 Å². The molecule has 4 nitrogen and oxygen atoms in total. The van der Waals surface area contributed by atoms with Gasteiger partial charge in [-0.3, -0.25) is 9.59 Å². The second kappa shape index (κ2) is 4.57. The van der Waals surface area contributed by atoms with Crippen molar-refractivity contribution in [2.24, 2.45) is 5.41 Å². The van der Waals surface area contributed by atoms with Crippen molar-refractivity contribution >= 4 is 17.4 Å². The molecule has 1 aromatic carbocycles. The van der Waals surface area contributed by atoms with Crippen LogP contribution in [0.1, 0.15) is 24.2 Å². The van der Waals surface area contributed by atoms with Crippen molar-refractivity contribution in [2.75, 3.05) is 19.0 Å². The summed E-state index contributed by atoms with van der Waals surface area (Å²) in [6.45, 7) is 2.83. The molecule has 4 heteroatoms. The fourth-order valence-electron chi connectivity index (χ4n) is 1.37. The van der Waals surface area contributed by atoms with Crippen molar-refractivity contribution < 1.29 is 14.7 Å². The van der Waals surface area contributed by atoms with Crippen LogP contribution in [-0.4, -0.2) is 31.0 Å². The van der Waals surface area contributed by atoms with Crippen LogP contribution in [0.3, 0.4) is 0 Å². The van der Waals surface area contributed by atoms with Crippen LogP contribution in [-0.2, 0) is 4.79 Å². The quantitative estimate of drug-likeness (QED) is 0.641. The number of carboxylic acids is 1. The summed E-state index contributed by atoms with van der Waals surface area (Å²) in [5.74, 6) is -1.49. The molecule has 92 valence electrons. The van der Waals surface area contributed by atoms with Gasteiger partial charge in [-0.25, -0.2) is 0 Å². The smallest absolute Gasteiger partial charge is 0.316 e.